The molecule has 0 fully saturated rings. The van der Waals surface area contributed by atoms with Crippen LogP contribution < -0.4 is 15.9 Å². The van der Waals surface area contributed by atoms with Gasteiger partial charge in [-0.3, -0.25) is 15.0 Å². The van der Waals surface area contributed by atoms with E-state index in [0.717, 1.165) is 0 Å². The molecule has 0 saturated heterocycles. The predicted octanol–water partition coefficient (Wildman–Crippen LogP) is 6.63. The van der Waals surface area contributed by atoms with Crippen molar-refractivity contribution in [2.24, 2.45) is 0 Å². The summed E-state index contributed by atoms with van der Waals surface area (Å²) in [4.78, 5) is 12.5. The number of rotatable bonds is 6. The van der Waals surface area contributed by atoms with E-state index < -0.39 is 7.92 Å². The first-order chi connectivity index (χ1) is 18.3. The van der Waals surface area contributed by atoms with Crippen LogP contribution in [0, 0.1) is 0 Å². The third kappa shape index (κ3) is 5.09. The fourth-order valence-corrected chi connectivity index (χ4v) is 6.73. The molecule has 0 aliphatic heterocycles. The van der Waals surface area contributed by atoms with E-state index in [9.17, 15) is 0 Å². The second-order valence-electron chi connectivity index (χ2n) is 8.68. The average Bonchev–Trinajstić information content (AvgIpc) is 3.00. The van der Waals surface area contributed by atoms with Gasteiger partial charge in [0.15, 0.2) is 0 Å². The lowest BCUT2D eigenvalue weighted by molar-refractivity contribution is 1.33. The minimum atomic E-state index is -0.727. The Morgan fingerprint density at radius 1 is 0.270 bits per heavy atom. The van der Waals surface area contributed by atoms with Crippen molar-refractivity contribution < 1.29 is 0 Å². The Kier molecular flexibility index (Phi) is 6.62. The molecule has 0 aliphatic rings. The molecule has 0 aliphatic carbocycles. The molecule has 0 N–H and O–H groups in total. The van der Waals surface area contributed by atoms with Gasteiger partial charge >= 0.3 is 0 Å². The number of hydrogen-bond donors (Lipinski definition) is 0. The first-order valence-electron chi connectivity index (χ1n) is 12.2. The molecule has 37 heavy (non-hydrogen) atoms. The highest BCUT2D eigenvalue weighted by Crippen LogP contribution is 2.35. The van der Waals surface area contributed by atoms with E-state index in [0.29, 0.717) is 0 Å². The maximum atomic E-state index is 4.15. The van der Waals surface area contributed by atoms with Gasteiger partial charge in [-0.25, -0.2) is 0 Å². The van der Waals surface area contributed by atoms with Gasteiger partial charge in [-0.15, -0.1) is 0 Å². The smallest absolute Gasteiger partial charge is 0.0273 e. The number of pyridine rings is 3. The van der Waals surface area contributed by atoms with Crippen LogP contribution in [0.2, 0.25) is 0 Å². The van der Waals surface area contributed by atoms with Gasteiger partial charge in [0, 0.05) is 37.2 Å². The van der Waals surface area contributed by atoms with Gasteiger partial charge in [0.25, 0.3) is 0 Å². The van der Waals surface area contributed by atoms with Crippen molar-refractivity contribution in [3.63, 3.8) is 0 Å². The van der Waals surface area contributed by atoms with Crippen molar-refractivity contribution in [3.05, 3.63) is 146 Å². The molecule has 0 atom stereocenters. The van der Waals surface area contributed by atoms with Crippen molar-refractivity contribution in [2.45, 2.75) is 0 Å². The molecule has 6 rings (SSSR count). The molecule has 0 radical (unpaired) electrons. The molecule has 0 unspecified atom stereocenters. The average molecular weight is 494 g/mol. The summed E-state index contributed by atoms with van der Waals surface area (Å²) in [5.74, 6) is 0. The van der Waals surface area contributed by atoms with Gasteiger partial charge < -0.3 is 0 Å². The normalized spacial score (nSPS) is 10.9. The Bertz CT molecular complexity index is 1370. The zero-order valence-electron chi connectivity index (χ0n) is 20.1. The van der Waals surface area contributed by atoms with E-state index in [1.165, 1.54) is 49.3 Å². The van der Waals surface area contributed by atoms with Gasteiger partial charge in [0.1, 0.15) is 0 Å². The molecule has 176 valence electrons. The number of nitrogens with zero attached hydrogens (tertiary/aromatic N) is 3. The van der Waals surface area contributed by atoms with Gasteiger partial charge in [-0.2, -0.15) is 0 Å². The predicted molar refractivity (Wildman–Crippen MR) is 155 cm³/mol. The third-order valence-electron chi connectivity index (χ3n) is 6.42. The molecule has 6 aromatic rings. The van der Waals surface area contributed by atoms with E-state index in [2.05, 4.69) is 87.7 Å². The number of aromatic nitrogens is 3. The second-order valence-corrected chi connectivity index (χ2v) is 10.9. The Hall–Kier alpha value is -4.46. The minimum Gasteiger partial charge on any atom is -0.265 e. The van der Waals surface area contributed by atoms with Gasteiger partial charge in [-0.1, -0.05) is 72.8 Å². The van der Waals surface area contributed by atoms with Crippen LogP contribution in [0.5, 0.6) is 0 Å². The van der Waals surface area contributed by atoms with E-state index in [-0.39, 0.29) is 0 Å². The lowest BCUT2D eigenvalue weighted by atomic mass is 10.1. The fourth-order valence-electron chi connectivity index (χ4n) is 4.49. The number of hydrogen-bond acceptors (Lipinski definition) is 3. The van der Waals surface area contributed by atoms with Gasteiger partial charge in [0.05, 0.1) is 0 Å². The highest BCUT2D eigenvalue weighted by atomic mass is 31.1. The number of benzene rings is 3. The lowest BCUT2D eigenvalue weighted by Gasteiger charge is -2.20. The molecular formula is C33H24N3P. The zero-order valence-corrected chi connectivity index (χ0v) is 21.0. The molecule has 0 saturated carbocycles. The highest BCUT2D eigenvalue weighted by Gasteiger charge is 2.17. The van der Waals surface area contributed by atoms with Crippen LogP contribution >= 0.6 is 7.92 Å². The summed E-state index contributed by atoms with van der Waals surface area (Å²) in [6.45, 7) is 0. The van der Waals surface area contributed by atoms with Crippen molar-refractivity contribution in [3.8, 4) is 33.4 Å². The summed E-state index contributed by atoms with van der Waals surface area (Å²) in [5.41, 5.74) is 7.12. The summed E-state index contributed by atoms with van der Waals surface area (Å²) in [7, 11) is -0.727. The van der Waals surface area contributed by atoms with Crippen molar-refractivity contribution in [1.82, 2.24) is 15.0 Å². The van der Waals surface area contributed by atoms with Gasteiger partial charge in [0.2, 0.25) is 0 Å². The maximum Gasteiger partial charge on any atom is 0.0273 e. The zero-order chi connectivity index (χ0) is 24.9. The topological polar surface area (TPSA) is 38.7 Å². The monoisotopic (exact) mass is 493 g/mol. The molecule has 4 heteroatoms. The molecule has 3 heterocycles. The summed E-state index contributed by atoms with van der Waals surface area (Å²) in [5, 5.41) is 3.96. The molecule has 3 aromatic heterocycles. The van der Waals surface area contributed by atoms with Gasteiger partial charge in [-0.05, 0) is 93.6 Å². The summed E-state index contributed by atoms with van der Waals surface area (Å²) in [6, 6.07) is 39.2. The Labute approximate surface area is 218 Å². The largest absolute Gasteiger partial charge is 0.265 e. The quantitative estimate of drug-likeness (QED) is 0.245. The minimum absolute atomic E-state index is 0.727. The Morgan fingerprint density at radius 3 is 0.730 bits per heavy atom. The summed E-state index contributed by atoms with van der Waals surface area (Å²) >= 11 is 0. The first-order valence-corrected chi connectivity index (χ1v) is 13.5. The van der Waals surface area contributed by atoms with E-state index in [1.54, 1.807) is 0 Å². The van der Waals surface area contributed by atoms with Crippen LogP contribution in [0.25, 0.3) is 33.4 Å². The van der Waals surface area contributed by atoms with Crippen LogP contribution in [-0.2, 0) is 0 Å². The maximum absolute atomic E-state index is 4.15. The Balaban J connectivity index is 1.38. The first kappa shape index (κ1) is 23.0. The van der Waals surface area contributed by atoms with Crippen LogP contribution in [0.1, 0.15) is 0 Å². The SMILES string of the molecule is c1cc(-c2ccc(P(c3ccc(-c4ccncc4)cc3)c3ccc(-c4ccncc4)cc3)cc2)ccn1. The third-order valence-corrected chi connectivity index (χ3v) is 8.86. The van der Waals surface area contributed by atoms with Crippen LogP contribution in [0.3, 0.4) is 0 Å². The molecule has 3 nitrogen and oxygen atoms in total. The van der Waals surface area contributed by atoms with Crippen molar-refractivity contribution >= 4 is 23.8 Å². The van der Waals surface area contributed by atoms with E-state index >= 15 is 0 Å². The van der Waals surface area contributed by atoms with Crippen molar-refractivity contribution in [2.75, 3.05) is 0 Å². The fraction of sp³-hybridized carbons (Fsp3) is 0. The second kappa shape index (κ2) is 10.7. The molecule has 0 bridgehead atoms. The lowest BCUT2D eigenvalue weighted by Crippen LogP contribution is -2.20. The Morgan fingerprint density at radius 2 is 0.486 bits per heavy atom. The summed E-state index contributed by atoms with van der Waals surface area (Å²) < 4.78 is 0. The van der Waals surface area contributed by atoms with Crippen LogP contribution in [0.15, 0.2) is 146 Å². The van der Waals surface area contributed by atoms with E-state index in [1.807, 2.05) is 73.6 Å². The van der Waals surface area contributed by atoms with Crippen molar-refractivity contribution in [1.29, 1.82) is 0 Å². The molecule has 3 aromatic carbocycles. The standard InChI is InChI=1S/C33H24N3P/c1-7-31(8-2-25(1)28-13-19-34-20-14-28)37(32-9-3-26(4-10-32)29-15-21-35-22-16-29)33-11-5-27(6-12-33)30-17-23-36-24-18-30/h1-24H. The summed E-state index contributed by atoms with van der Waals surface area (Å²) in [6.07, 6.45) is 11.0. The van der Waals surface area contributed by atoms with Crippen LogP contribution in [0.4, 0.5) is 0 Å². The molecular weight excluding hydrogens is 469 g/mol. The van der Waals surface area contributed by atoms with Crippen LogP contribution in [-0.4, -0.2) is 15.0 Å². The highest BCUT2D eigenvalue weighted by molar-refractivity contribution is 7.79. The van der Waals surface area contributed by atoms with E-state index in [4.69, 9.17) is 0 Å². The molecule has 0 amide bonds. The molecule has 0 spiro atoms.